The van der Waals surface area contributed by atoms with Gasteiger partial charge in [-0.2, -0.15) is 4.98 Å². The lowest BCUT2D eigenvalue weighted by atomic mass is 10.1. The van der Waals surface area contributed by atoms with E-state index in [0.717, 1.165) is 30.6 Å². The molecule has 2 aromatic heterocycles. The SMILES string of the molecule is CN(C)CCCNc1nc(N)ncc1-c1cnc(-c2ccc(F)c(Cl)c2)nc1. The van der Waals surface area contributed by atoms with Gasteiger partial charge in [-0.3, -0.25) is 0 Å². The molecule has 0 saturated carbocycles. The van der Waals surface area contributed by atoms with Gasteiger partial charge in [0.2, 0.25) is 5.95 Å². The van der Waals surface area contributed by atoms with Gasteiger partial charge in [-0.1, -0.05) is 11.6 Å². The standard InChI is InChI=1S/C19H21ClFN7/c1-28(2)7-3-6-23-18-14(11-26-19(22)27-18)13-9-24-17(25-10-13)12-4-5-16(21)15(20)8-12/h4-5,8-11H,3,6-7H2,1-2H3,(H3,22,23,26,27). The summed E-state index contributed by atoms with van der Waals surface area (Å²) in [5.41, 5.74) is 7.87. The first-order valence-corrected chi connectivity index (χ1v) is 9.11. The average Bonchev–Trinajstić information content (AvgIpc) is 2.68. The van der Waals surface area contributed by atoms with Crippen molar-refractivity contribution in [3.8, 4) is 22.5 Å². The van der Waals surface area contributed by atoms with Crippen molar-refractivity contribution in [2.45, 2.75) is 6.42 Å². The van der Waals surface area contributed by atoms with Gasteiger partial charge in [0.05, 0.1) is 5.02 Å². The van der Waals surface area contributed by atoms with E-state index in [4.69, 9.17) is 17.3 Å². The summed E-state index contributed by atoms with van der Waals surface area (Å²) in [5, 5.41) is 3.32. The number of aromatic nitrogens is 4. The first kappa shape index (κ1) is 19.9. The second-order valence-corrected chi connectivity index (χ2v) is 6.91. The van der Waals surface area contributed by atoms with Crippen LogP contribution in [-0.4, -0.2) is 52.0 Å². The quantitative estimate of drug-likeness (QED) is 0.586. The lowest BCUT2D eigenvalue weighted by Crippen LogP contribution is -2.17. The van der Waals surface area contributed by atoms with Gasteiger partial charge in [0, 0.05) is 41.8 Å². The molecular formula is C19H21ClFN7. The van der Waals surface area contributed by atoms with Gasteiger partial charge in [-0.05, 0) is 45.3 Å². The number of nitrogens with one attached hydrogen (secondary N) is 1. The van der Waals surface area contributed by atoms with E-state index in [1.807, 2.05) is 14.1 Å². The van der Waals surface area contributed by atoms with Gasteiger partial charge in [0.15, 0.2) is 5.82 Å². The molecule has 146 valence electrons. The minimum absolute atomic E-state index is 0.0290. The van der Waals surface area contributed by atoms with Crippen LogP contribution in [0.3, 0.4) is 0 Å². The molecule has 0 radical (unpaired) electrons. The smallest absolute Gasteiger partial charge is 0.221 e. The minimum Gasteiger partial charge on any atom is -0.369 e. The molecule has 1 aromatic carbocycles. The fraction of sp³-hybridized carbons (Fsp3) is 0.263. The van der Waals surface area contributed by atoms with Gasteiger partial charge >= 0.3 is 0 Å². The topological polar surface area (TPSA) is 92.8 Å². The molecule has 2 heterocycles. The number of nitrogens with two attached hydrogens (primary N) is 1. The van der Waals surface area contributed by atoms with Crippen molar-refractivity contribution >= 4 is 23.4 Å². The summed E-state index contributed by atoms with van der Waals surface area (Å²) >= 11 is 5.84. The summed E-state index contributed by atoms with van der Waals surface area (Å²) in [6.07, 6.45) is 5.93. The van der Waals surface area contributed by atoms with Crippen LogP contribution in [0.5, 0.6) is 0 Å². The average molecular weight is 402 g/mol. The molecule has 0 aliphatic rings. The molecule has 9 heteroatoms. The third-order valence-electron chi connectivity index (χ3n) is 4.02. The Hall–Kier alpha value is -2.84. The molecule has 3 rings (SSSR count). The Morgan fingerprint density at radius 3 is 2.54 bits per heavy atom. The van der Waals surface area contributed by atoms with E-state index in [0.29, 0.717) is 17.2 Å². The number of rotatable bonds is 7. The Kier molecular flexibility index (Phi) is 6.33. The molecule has 3 aromatic rings. The summed E-state index contributed by atoms with van der Waals surface area (Å²) in [5.74, 6) is 0.790. The predicted octanol–water partition coefficient (Wildman–Crippen LogP) is 3.34. The Morgan fingerprint density at radius 2 is 1.86 bits per heavy atom. The highest BCUT2D eigenvalue weighted by Crippen LogP contribution is 2.27. The molecule has 3 N–H and O–H groups in total. The maximum absolute atomic E-state index is 13.3. The third-order valence-corrected chi connectivity index (χ3v) is 4.31. The summed E-state index contributed by atoms with van der Waals surface area (Å²) in [6, 6.07) is 4.37. The Bertz CT molecular complexity index is 948. The van der Waals surface area contributed by atoms with E-state index in [1.54, 1.807) is 24.7 Å². The molecule has 0 spiro atoms. The van der Waals surface area contributed by atoms with Crippen LogP contribution in [0.1, 0.15) is 6.42 Å². The lowest BCUT2D eigenvalue weighted by Gasteiger charge is -2.13. The van der Waals surface area contributed by atoms with Crippen LogP contribution in [0.15, 0.2) is 36.8 Å². The van der Waals surface area contributed by atoms with E-state index in [2.05, 4.69) is 30.2 Å². The van der Waals surface area contributed by atoms with Crippen LogP contribution in [0.2, 0.25) is 5.02 Å². The van der Waals surface area contributed by atoms with Crippen LogP contribution in [0.25, 0.3) is 22.5 Å². The molecule has 0 atom stereocenters. The number of hydrogen-bond acceptors (Lipinski definition) is 7. The van der Waals surface area contributed by atoms with E-state index < -0.39 is 5.82 Å². The van der Waals surface area contributed by atoms with Crippen LogP contribution in [0.4, 0.5) is 16.2 Å². The molecule has 0 amide bonds. The number of anilines is 2. The summed E-state index contributed by atoms with van der Waals surface area (Å²) in [4.78, 5) is 19.2. The maximum Gasteiger partial charge on any atom is 0.221 e. The number of hydrogen-bond donors (Lipinski definition) is 2. The highest BCUT2D eigenvalue weighted by Gasteiger charge is 2.11. The van der Waals surface area contributed by atoms with Crippen molar-refractivity contribution < 1.29 is 4.39 Å². The van der Waals surface area contributed by atoms with E-state index >= 15 is 0 Å². The van der Waals surface area contributed by atoms with Crippen LogP contribution < -0.4 is 11.1 Å². The van der Waals surface area contributed by atoms with Gasteiger partial charge in [-0.25, -0.2) is 19.3 Å². The highest BCUT2D eigenvalue weighted by molar-refractivity contribution is 6.31. The fourth-order valence-corrected chi connectivity index (χ4v) is 2.78. The second kappa shape index (κ2) is 8.90. The Labute approximate surface area is 167 Å². The molecule has 0 saturated heterocycles. The molecule has 28 heavy (non-hydrogen) atoms. The number of nitrogen functional groups attached to an aromatic ring is 1. The molecule has 0 fully saturated rings. The predicted molar refractivity (Wildman–Crippen MR) is 110 cm³/mol. The van der Waals surface area contributed by atoms with E-state index in [-0.39, 0.29) is 11.0 Å². The Morgan fingerprint density at radius 1 is 1.11 bits per heavy atom. The van der Waals surface area contributed by atoms with E-state index in [9.17, 15) is 4.39 Å². The fourth-order valence-electron chi connectivity index (χ4n) is 2.59. The zero-order valence-electron chi connectivity index (χ0n) is 15.7. The van der Waals surface area contributed by atoms with Crippen LogP contribution in [0, 0.1) is 5.82 Å². The van der Waals surface area contributed by atoms with Crippen molar-refractivity contribution in [1.82, 2.24) is 24.8 Å². The van der Waals surface area contributed by atoms with Gasteiger partial charge in [-0.15, -0.1) is 0 Å². The summed E-state index contributed by atoms with van der Waals surface area (Å²) in [7, 11) is 4.06. The van der Waals surface area contributed by atoms with Crippen molar-refractivity contribution in [2.75, 3.05) is 38.2 Å². The summed E-state index contributed by atoms with van der Waals surface area (Å²) < 4.78 is 13.3. The first-order chi connectivity index (χ1) is 13.4. The normalized spacial score (nSPS) is 11.0. The Balaban J connectivity index is 1.82. The minimum atomic E-state index is -0.481. The van der Waals surface area contributed by atoms with E-state index in [1.165, 1.54) is 12.1 Å². The summed E-state index contributed by atoms with van der Waals surface area (Å²) in [6.45, 7) is 1.70. The van der Waals surface area contributed by atoms with Gasteiger partial charge in [0.25, 0.3) is 0 Å². The molecule has 7 nitrogen and oxygen atoms in total. The largest absolute Gasteiger partial charge is 0.369 e. The zero-order valence-corrected chi connectivity index (χ0v) is 16.4. The maximum atomic E-state index is 13.3. The molecule has 0 aliphatic carbocycles. The van der Waals surface area contributed by atoms with Crippen molar-refractivity contribution in [2.24, 2.45) is 0 Å². The van der Waals surface area contributed by atoms with Crippen LogP contribution >= 0.6 is 11.6 Å². The molecule has 0 unspecified atom stereocenters. The zero-order chi connectivity index (χ0) is 20.1. The first-order valence-electron chi connectivity index (χ1n) is 8.73. The third kappa shape index (κ3) is 4.90. The number of benzene rings is 1. The highest BCUT2D eigenvalue weighted by atomic mass is 35.5. The van der Waals surface area contributed by atoms with Crippen molar-refractivity contribution in [1.29, 1.82) is 0 Å². The van der Waals surface area contributed by atoms with Gasteiger partial charge < -0.3 is 16.0 Å². The van der Waals surface area contributed by atoms with Crippen molar-refractivity contribution in [3.05, 3.63) is 47.6 Å². The second-order valence-electron chi connectivity index (χ2n) is 6.50. The number of nitrogens with zero attached hydrogens (tertiary/aromatic N) is 5. The van der Waals surface area contributed by atoms with Crippen LogP contribution in [-0.2, 0) is 0 Å². The lowest BCUT2D eigenvalue weighted by molar-refractivity contribution is 0.405. The van der Waals surface area contributed by atoms with Gasteiger partial charge in [0.1, 0.15) is 11.6 Å². The molecule has 0 bridgehead atoms. The molecule has 0 aliphatic heterocycles. The monoisotopic (exact) mass is 401 g/mol. The molecular weight excluding hydrogens is 381 g/mol. The van der Waals surface area contributed by atoms with Crippen molar-refractivity contribution in [3.63, 3.8) is 0 Å². The number of halogens is 2.